The van der Waals surface area contributed by atoms with Crippen LogP contribution in [0.4, 0.5) is 0 Å². The number of aliphatic imine (C=N–C) groups is 1. The molecule has 0 saturated carbocycles. The Morgan fingerprint density at radius 2 is 1.89 bits per heavy atom. The normalized spacial score (nSPS) is 22.6. The minimum absolute atomic E-state index is 0.149. The molecule has 0 fully saturated rings. The summed E-state index contributed by atoms with van der Waals surface area (Å²) in [6.45, 7) is 6.71. The monoisotopic (exact) mass is 246 g/mol. The van der Waals surface area contributed by atoms with Crippen LogP contribution in [0.5, 0.6) is 5.75 Å². The first-order valence-electron chi connectivity index (χ1n) is 6.40. The molecule has 3 nitrogen and oxygen atoms in total. The van der Waals surface area contributed by atoms with E-state index in [1.54, 1.807) is 7.11 Å². The van der Waals surface area contributed by atoms with Gasteiger partial charge in [0.15, 0.2) is 0 Å². The van der Waals surface area contributed by atoms with E-state index >= 15 is 0 Å². The Bertz CT molecular complexity index is 448. The standard InChI is InChI=1S/C15H22N2O/c1-11-10-15(2,3)17(4)14(16-11)12-6-8-13(18-5)9-7-12/h6-9,11H,10H2,1-5H3. The van der Waals surface area contributed by atoms with Crippen LogP contribution in [-0.2, 0) is 0 Å². The summed E-state index contributed by atoms with van der Waals surface area (Å²) in [5, 5.41) is 0. The Hall–Kier alpha value is -1.51. The summed E-state index contributed by atoms with van der Waals surface area (Å²) in [7, 11) is 3.80. The van der Waals surface area contributed by atoms with Crippen LogP contribution in [0.15, 0.2) is 29.3 Å². The zero-order valence-corrected chi connectivity index (χ0v) is 11.9. The van der Waals surface area contributed by atoms with E-state index in [9.17, 15) is 0 Å². The molecule has 0 spiro atoms. The average Bonchev–Trinajstić information content (AvgIpc) is 2.33. The van der Waals surface area contributed by atoms with E-state index in [1.165, 1.54) is 0 Å². The quantitative estimate of drug-likeness (QED) is 0.801. The first kappa shape index (κ1) is 12.9. The molecule has 0 bridgehead atoms. The molecule has 0 amide bonds. The maximum Gasteiger partial charge on any atom is 0.131 e. The van der Waals surface area contributed by atoms with Crippen LogP contribution in [-0.4, -0.2) is 36.5 Å². The molecule has 1 unspecified atom stereocenters. The topological polar surface area (TPSA) is 24.8 Å². The lowest BCUT2D eigenvalue weighted by Gasteiger charge is -2.43. The van der Waals surface area contributed by atoms with E-state index in [0.29, 0.717) is 6.04 Å². The molecule has 2 rings (SSSR count). The fraction of sp³-hybridized carbons (Fsp3) is 0.533. The van der Waals surface area contributed by atoms with E-state index < -0.39 is 0 Å². The van der Waals surface area contributed by atoms with Gasteiger partial charge in [-0.25, -0.2) is 0 Å². The molecule has 1 aromatic rings. The number of amidine groups is 1. The van der Waals surface area contributed by atoms with Crippen molar-refractivity contribution in [2.45, 2.75) is 38.8 Å². The van der Waals surface area contributed by atoms with Gasteiger partial charge in [-0.15, -0.1) is 0 Å². The highest BCUT2D eigenvalue weighted by atomic mass is 16.5. The lowest BCUT2D eigenvalue weighted by molar-refractivity contribution is 0.208. The van der Waals surface area contributed by atoms with E-state index in [1.807, 2.05) is 12.1 Å². The predicted molar refractivity (Wildman–Crippen MR) is 75.5 cm³/mol. The maximum atomic E-state index is 5.19. The molecule has 1 heterocycles. The Balaban J connectivity index is 2.36. The third-order valence-electron chi connectivity index (χ3n) is 3.71. The molecule has 3 heteroatoms. The molecular formula is C15H22N2O. The van der Waals surface area contributed by atoms with Gasteiger partial charge in [-0.2, -0.15) is 0 Å². The minimum atomic E-state index is 0.149. The minimum Gasteiger partial charge on any atom is -0.497 e. The lowest BCUT2D eigenvalue weighted by atomic mass is 9.91. The third kappa shape index (κ3) is 2.35. The Kier molecular flexibility index (Phi) is 3.33. The van der Waals surface area contributed by atoms with Gasteiger partial charge in [0.1, 0.15) is 11.6 Å². The van der Waals surface area contributed by atoms with Crippen LogP contribution in [0.1, 0.15) is 32.8 Å². The molecule has 1 aliphatic rings. The highest BCUT2D eigenvalue weighted by Crippen LogP contribution is 2.28. The highest BCUT2D eigenvalue weighted by Gasteiger charge is 2.32. The highest BCUT2D eigenvalue weighted by molar-refractivity contribution is 5.99. The Morgan fingerprint density at radius 1 is 1.28 bits per heavy atom. The first-order valence-corrected chi connectivity index (χ1v) is 6.40. The SMILES string of the molecule is COc1ccc(C2=NC(C)CC(C)(C)N2C)cc1. The number of hydrogen-bond acceptors (Lipinski definition) is 3. The van der Waals surface area contributed by atoms with E-state index in [0.717, 1.165) is 23.6 Å². The molecule has 0 aliphatic carbocycles. The van der Waals surface area contributed by atoms with Crippen molar-refractivity contribution >= 4 is 5.84 Å². The second-order valence-corrected chi connectivity index (χ2v) is 5.61. The van der Waals surface area contributed by atoms with E-state index in [4.69, 9.17) is 9.73 Å². The van der Waals surface area contributed by atoms with E-state index in [2.05, 4.69) is 44.9 Å². The average molecular weight is 246 g/mol. The number of ether oxygens (including phenoxy) is 1. The number of nitrogens with zero attached hydrogens (tertiary/aromatic N) is 2. The van der Waals surface area contributed by atoms with Crippen LogP contribution in [0.3, 0.4) is 0 Å². The van der Waals surface area contributed by atoms with Crippen molar-refractivity contribution in [3.05, 3.63) is 29.8 Å². The fourth-order valence-electron chi connectivity index (χ4n) is 2.50. The first-order chi connectivity index (χ1) is 8.44. The van der Waals surface area contributed by atoms with Crippen LogP contribution in [0.2, 0.25) is 0 Å². The van der Waals surface area contributed by atoms with Gasteiger partial charge in [0, 0.05) is 18.2 Å². The van der Waals surface area contributed by atoms with E-state index in [-0.39, 0.29) is 5.54 Å². The molecule has 0 saturated heterocycles. The van der Waals surface area contributed by atoms with Crippen LogP contribution in [0.25, 0.3) is 0 Å². The van der Waals surface area contributed by atoms with Crippen molar-refractivity contribution in [1.82, 2.24) is 4.90 Å². The van der Waals surface area contributed by atoms with Crippen LogP contribution >= 0.6 is 0 Å². The van der Waals surface area contributed by atoms with Crippen molar-refractivity contribution in [3.63, 3.8) is 0 Å². The molecule has 18 heavy (non-hydrogen) atoms. The number of methoxy groups -OCH3 is 1. The van der Waals surface area contributed by atoms with Crippen LogP contribution in [0, 0.1) is 0 Å². The van der Waals surface area contributed by atoms with Gasteiger partial charge in [0.05, 0.1) is 13.2 Å². The van der Waals surface area contributed by atoms with Crippen molar-refractivity contribution in [2.24, 2.45) is 4.99 Å². The van der Waals surface area contributed by atoms with Gasteiger partial charge in [-0.05, 0) is 51.5 Å². The summed E-state index contributed by atoms with van der Waals surface area (Å²) < 4.78 is 5.19. The molecule has 1 atom stereocenters. The summed E-state index contributed by atoms with van der Waals surface area (Å²) in [6, 6.07) is 8.48. The van der Waals surface area contributed by atoms with Gasteiger partial charge < -0.3 is 9.64 Å². The molecule has 0 radical (unpaired) electrons. The second kappa shape index (κ2) is 4.63. The molecule has 0 N–H and O–H groups in total. The predicted octanol–water partition coefficient (Wildman–Crippen LogP) is 2.94. The van der Waals surface area contributed by atoms with Crippen molar-refractivity contribution in [1.29, 1.82) is 0 Å². The smallest absolute Gasteiger partial charge is 0.131 e. The van der Waals surface area contributed by atoms with Gasteiger partial charge in [-0.1, -0.05) is 0 Å². The lowest BCUT2D eigenvalue weighted by Crippen LogP contribution is -2.50. The summed E-state index contributed by atoms with van der Waals surface area (Å²) >= 11 is 0. The Labute approximate surface area is 109 Å². The fourth-order valence-corrected chi connectivity index (χ4v) is 2.50. The largest absolute Gasteiger partial charge is 0.497 e. The summed E-state index contributed by atoms with van der Waals surface area (Å²) in [5.41, 5.74) is 1.30. The molecule has 1 aliphatic heterocycles. The molecule has 1 aromatic carbocycles. The van der Waals surface area contributed by atoms with Gasteiger partial charge >= 0.3 is 0 Å². The van der Waals surface area contributed by atoms with Crippen molar-refractivity contribution in [2.75, 3.05) is 14.2 Å². The Morgan fingerprint density at radius 3 is 2.44 bits per heavy atom. The molecular weight excluding hydrogens is 224 g/mol. The number of benzene rings is 1. The maximum absolute atomic E-state index is 5.19. The number of hydrogen-bond donors (Lipinski definition) is 0. The number of rotatable bonds is 2. The van der Waals surface area contributed by atoms with Crippen LogP contribution < -0.4 is 4.74 Å². The molecule has 98 valence electrons. The van der Waals surface area contributed by atoms with Gasteiger partial charge in [-0.3, -0.25) is 4.99 Å². The van der Waals surface area contributed by atoms with Gasteiger partial charge in [0.25, 0.3) is 0 Å². The zero-order valence-electron chi connectivity index (χ0n) is 11.9. The zero-order chi connectivity index (χ0) is 13.3. The summed E-state index contributed by atoms with van der Waals surface area (Å²) in [6.07, 6.45) is 1.09. The van der Waals surface area contributed by atoms with Crippen molar-refractivity contribution < 1.29 is 4.74 Å². The summed E-state index contributed by atoms with van der Waals surface area (Å²) in [4.78, 5) is 7.06. The molecule has 0 aromatic heterocycles. The third-order valence-corrected chi connectivity index (χ3v) is 3.71. The summed E-state index contributed by atoms with van der Waals surface area (Å²) in [5.74, 6) is 1.95. The second-order valence-electron chi connectivity index (χ2n) is 5.61. The van der Waals surface area contributed by atoms with Gasteiger partial charge in [0.2, 0.25) is 0 Å². The van der Waals surface area contributed by atoms with Crippen molar-refractivity contribution in [3.8, 4) is 5.75 Å².